The highest BCUT2D eigenvalue weighted by molar-refractivity contribution is 6.34. The van der Waals surface area contributed by atoms with E-state index in [1.54, 1.807) is 18.2 Å². The van der Waals surface area contributed by atoms with E-state index in [9.17, 15) is 9.90 Å². The number of carbonyl (C=O) groups is 1. The summed E-state index contributed by atoms with van der Waals surface area (Å²) < 4.78 is 0. The minimum absolute atomic E-state index is 0.162. The van der Waals surface area contributed by atoms with E-state index < -0.39 is 5.97 Å². The lowest BCUT2D eigenvalue weighted by molar-refractivity contribution is 0.0699. The number of hydrogen-bond donors (Lipinski definition) is 2. The van der Waals surface area contributed by atoms with Crippen LogP contribution in [0, 0.1) is 5.92 Å². The summed E-state index contributed by atoms with van der Waals surface area (Å²) >= 11 is 6.29. The van der Waals surface area contributed by atoms with E-state index in [2.05, 4.69) is 15.7 Å². The van der Waals surface area contributed by atoms with Gasteiger partial charge in [-0.3, -0.25) is 0 Å². The van der Waals surface area contributed by atoms with Crippen LogP contribution in [0.4, 0.5) is 0 Å². The molecule has 0 aliphatic heterocycles. The summed E-state index contributed by atoms with van der Waals surface area (Å²) in [5.74, 6) is -0.236. The Morgan fingerprint density at radius 2 is 2.27 bits per heavy atom. The summed E-state index contributed by atoms with van der Waals surface area (Å²) in [5.41, 5.74) is 4.98. The molecule has 1 aromatic heterocycles. The van der Waals surface area contributed by atoms with Gasteiger partial charge in [0.25, 0.3) is 0 Å². The van der Waals surface area contributed by atoms with Gasteiger partial charge in [0.05, 0.1) is 16.1 Å². The minimum atomic E-state index is -1.01. The van der Waals surface area contributed by atoms with Crippen LogP contribution in [0.1, 0.15) is 23.1 Å². The Hall–Kier alpha value is -2.55. The maximum Gasteiger partial charge on any atom is 0.337 e. The lowest BCUT2D eigenvalue weighted by Gasteiger charge is -2.03. The normalized spacial score (nSPS) is 19.3. The van der Waals surface area contributed by atoms with Crippen LogP contribution in [0.5, 0.6) is 0 Å². The van der Waals surface area contributed by atoms with Crippen molar-refractivity contribution >= 4 is 34.2 Å². The first-order valence-electron chi connectivity index (χ1n) is 6.79. The minimum Gasteiger partial charge on any atom is -0.478 e. The van der Waals surface area contributed by atoms with Gasteiger partial charge in [-0.05, 0) is 30.2 Å². The molecule has 0 radical (unpaired) electrons. The molecular formula is C17H13ClN2O2. The van der Waals surface area contributed by atoms with Crippen LogP contribution >= 0.6 is 11.6 Å². The third-order valence-corrected chi connectivity index (χ3v) is 3.70. The largest absolute Gasteiger partial charge is 0.478 e. The zero-order valence-electron chi connectivity index (χ0n) is 11.8. The Labute approximate surface area is 132 Å². The van der Waals surface area contributed by atoms with Crippen molar-refractivity contribution in [1.82, 2.24) is 9.97 Å². The first kappa shape index (κ1) is 14.4. The van der Waals surface area contributed by atoms with Gasteiger partial charge in [-0.15, -0.1) is 5.73 Å². The van der Waals surface area contributed by atoms with Gasteiger partial charge in [0.15, 0.2) is 0 Å². The predicted molar refractivity (Wildman–Crippen MR) is 86.8 cm³/mol. The Balaban J connectivity index is 2.20. The fourth-order valence-corrected chi connectivity index (χ4v) is 2.47. The van der Waals surface area contributed by atoms with Crippen molar-refractivity contribution in [3.8, 4) is 0 Å². The Morgan fingerprint density at radius 1 is 1.45 bits per heavy atom. The number of allylic oxidation sites excluding steroid dienone is 5. The Morgan fingerprint density at radius 3 is 3.05 bits per heavy atom. The predicted octanol–water partition coefficient (Wildman–Crippen LogP) is 4.13. The number of halogens is 1. The Bertz CT molecular complexity index is 883. The van der Waals surface area contributed by atoms with Gasteiger partial charge >= 0.3 is 5.97 Å². The highest BCUT2D eigenvalue weighted by atomic mass is 35.5. The number of rotatable bonds is 2. The standard InChI is InChI=1S/C17H13ClN2O2/c1-10-4-2-6-13(18)11(9-8-10)16-19-14-7-3-5-12(17(21)22)15(14)20-16/h3-10H,1H3,(H,19,20)(H,21,22)/b9-8+,13-11?. The third kappa shape index (κ3) is 2.62. The van der Waals surface area contributed by atoms with Crippen LogP contribution in [-0.4, -0.2) is 21.0 Å². The van der Waals surface area contributed by atoms with Gasteiger partial charge in [-0.25, -0.2) is 9.78 Å². The number of aromatic amines is 1. The summed E-state index contributed by atoms with van der Waals surface area (Å²) in [5, 5.41) is 9.74. The number of nitrogens with one attached hydrogen (secondary N) is 1. The molecule has 22 heavy (non-hydrogen) atoms. The average Bonchev–Trinajstić information content (AvgIpc) is 2.88. The number of para-hydroxylation sites is 1. The molecule has 1 atom stereocenters. The van der Waals surface area contributed by atoms with Crippen molar-refractivity contribution in [2.45, 2.75) is 6.92 Å². The van der Waals surface area contributed by atoms with Crippen LogP contribution in [0.3, 0.4) is 0 Å². The highest BCUT2D eigenvalue weighted by Crippen LogP contribution is 2.27. The van der Waals surface area contributed by atoms with Crippen molar-refractivity contribution < 1.29 is 9.90 Å². The number of H-pyrrole nitrogens is 1. The molecule has 0 spiro atoms. The second-order valence-electron chi connectivity index (χ2n) is 5.05. The first-order chi connectivity index (χ1) is 10.6. The van der Waals surface area contributed by atoms with Gasteiger partial charge in [0, 0.05) is 5.57 Å². The molecule has 3 rings (SSSR count). The van der Waals surface area contributed by atoms with Crippen LogP contribution in [0.25, 0.3) is 16.6 Å². The van der Waals surface area contributed by atoms with Gasteiger partial charge in [-0.2, -0.15) is 0 Å². The lowest BCUT2D eigenvalue weighted by atomic mass is 10.1. The molecule has 2 aromatic rings. The van der Waals surface area contributed by atoms with Gasteiger partial charge in [0.2, 0.25) is 0 Å². The molecule has 1 aromatic carbocycles. The molecule has 1 unspecified atom stereocenters. The monoisotopic (exact) mass is 312 g/mol. The van der Waals surface area contributed by atoms with Crippen molar-refractivity contribution in [2.75, 3.05) is 0 Å². The Kier molecular flexibility index (Phi) is 3.72. The zero-order valence-corrected chi connectivity index (χ0v) is 12.6. The van der Waals surface area contributed by atoms with Crippen LogP contribution < -0.4 is 0 Å². The number of fused-ring (bicyclic) bond motifs is 1. The molecule has 0 bridgehead atoms. The molecule has 1 aliphatic carbocycles. The number of nitrogens with zero attached hydrogens (tertiary/aromatic N) is 1. The maximum atomic E-state index is 11.3. The summed E-state index contributed by atoms with van der Waals surface area (Å²) in [6.45, 7) is 2.04. The smallest absolute Gasteiger partial charge is 0.337 e. The van der Waals surface area contributed by atoms with E-state index in [-0.39, 0.29) is 11.5 Å². The van der Waals surface area contributed by atoms with Crippen LogP contribution in [0.2, 0.25) is 0 Å². The SMILES string of the molecule is CC1C=C=CC(Cl)=C(c2nc3c(C(=O)O)cccc3[nH]2)/C=C/1. The molecule has 0 saturated heterocycles. The zero-order chi connectivity index (χ0) is 15.7. The highest BCUT2D eigenvalue weighted by Gasteiger charge is 2.15. The van der Waals surface area contributed by atoms with Gasteiger partial charge in [0.1, 0.15) is 11.3 Å². The molecule has 4 nitrogen and oxygen atoms in total. The van der Waals surface area contributed by atoms with Gasteiger partial charge < -0.3 is 10.1 Å². The fraction of sp³-hybridized carbons (Fsp3) is 0.118. The molecule has 1 heterocycles. The lowest BCUT2D eigenvalue weighted by Crippen LogP contribution is -1.97. The molecule has 2 N–H and O–H groups in total. The maximum absolute atomic E-state index is 11.3. The van der Waals surface area contributed by atoms with Crippen molar-refractivity contribution in [1.29, 1.82) is 0 Å². The van der Waals surface area contributed by atoms with E-state index in [1.807, 2.05) is 25.2 Å². The number of benzene rings is 1. The summed E-state index contributed by atoms with van der Waals surface area (Å²) in [7, 11) is 0. The number of imidazole rings is 1. The molecule has 0 fully saturated rings. The van der Waals surface area contributed by atoms with Crippen LogP contribution in [-0.2, 0) is 0 Å². The summed E-state index contributed by atoms with van der Waals surface area (Å²) in [6, 6.07) is 5.00. The van der Waals surface area contributed by atoms with E-state index in [0.717, 1.165) is 0 Å². The van der Waals surface area contributed by atoms with E-state index in [4.69, 9.17) is 11.6 Å². The average molecular weight is 313 g/mol. The molecule has 1 aliphatic rings. The molecule has 0 saturated carbocycles. The number of carboxylic acids is 1. The number of aromatic carboxylic acids is 1. The fourth-order valence-electron chi connectivity index (χ4n) is 2.26. The quantitative estimate of drug-likeness (QED) is 0.819. The molecule has 0 amide bonds. The van der Waals surface area contributed by atoms with Crippen LogP contribution in [0.15, 0.2) is 53.3 Å². The second kappa shape index (κ2) is 5.68. The second-order valence-corrected chi connectivity index (χ2v) is 5.46. The van der Waals surface area contributed by atoms with E-state index in [1.165, 1.54) is 6.07 Å². The first-order valence-corrected chi connectivity index (χ1v) is 7.17. The number of hydrogen-bond acceptors (Lipinski definition) is 2. The van der Waals surface area contributed by atoms with Gasteiger partial charge in [-0.1, -0.05) is 36.7 Å². The van der Waals surface area contributed by atoms with E-state index >= 15 is 0 Å². The van der Waals surface area contributed by atoms with E-state index in [0.29, 0.717) is 27.5 Å². The topological polar surface area (TPSA) is 66.0 Å². The molecule has 5 heteroatoms. The summed E-state index contributed by atoms with van der Waals surface area (Å²) in [6.07, 6.45) is 7.47. The van der Waals surface area contributed by atoms with Crippen molar-refractivity contribution in [3.05, 3.63) is 64.7 Å². The number of aromatic nitrogens is 2. The van der Waals surface area contributed by atoms with Crippen molar-refractivity contribution in [2.24, 2.45) is 5.92 Å². The van der Waals surface area contributed by atoms with Crippen molar-refractivity contribution in [3.63, 3.8) is 0 Å². The summed E-state index contributed by atoms with van der Waals surface area (Å²) in [4.78, 5) is 18.8. The third-order valence-electron chi connectivity index (χ3n) is 3.39. The number of carboxylic acid groups (broad SMARTS) is 1. The molecular weight excluding hydrogens is 300 g/mol. The molecule has 110 valence electrons.